The highest BCUT2D eigenvalue weighted by Crippen LogP contribution is 2.29. The molecule has 0 spiro atoms. The fraction of sp³-hybridized carbons (Fsp3) is 0.222. The SMILES string of the molecule is CCc1oc2ncccc2c1Br. The van der Waals surface area contributed by atoms with Crippen molar-refractivity contribution >= 4 is 27.0 Å². The van der Waals surface area contributed by atoms with Crippen LogP contribution in [0.3, 0.4) is 0 Å². The molecule has 0 aliphatic heterocycles. The van der Waals surface area contributed by atoms with E-state index in [4.69, 9.17) is 4.42 Å². The summed E-state index contributed by atoms with van der Waals surface area (Å²) < 4.78 is 6.53. The number of aromatic nitrogens is 1. The van der Waals surface area contributed by atoms with Crippen molar-refractivity contribution in [3.05, 3.63) is 28.6 Å². The van der Waals surface area contributed by atoms with Gasteiger partial charge in [0.2, 0.25) is 5.71 Å². The second-order valence-electron chi connectivity index (χ2n) is 2.55. The average Bonchev–Trinajstić information content (AvgIpc) is 2.44. The summed E-state index contributed by atoms with van der Waals surface area (Å²) in [6, 6.07) is 3.90. The number of pyridine rings is 1. The highest BCUT2D eigenvalue weighted by atomic mass is 79.9. The Bertz CT molecular complexity index is 408. The van der Waals surface area contributed by atoms with Gasteiger partial charge in [0, 0.05) is 12.6 Å². The van der Waals surface area contributed by atoms with Crippen LogP contribution in [-0.4, -0.2) is 4.98 Å². The monoisotopic (exact) mass is 225 g/mol. The Morgan fingerprint density at radius 2 is 2.42 bits per heavy atom. The van der Waals surface area contributed by atoms with Gasteiger partial charge in [-0.25, -0.2) is 4.98 Å². The molecular weight excluding hydrogens is 218 g/mol. The average molecular weight is 226 g/mol. The lowest BCUT2D eigenvalue weighted by atomic mass is 10.3. The van der Waals surface area contributed by atoms with Gasteiger partial charge in [-0.15, -0.1) is 0 Å². The lowest BCUT2D eigenvalue weighted by molar-refractivity contribution is 0.544. The zero-order chi connectivity index (χ0) is 8.55. The molecule has 2 aromatic rings. The summed E-state index contributed by atoms with van der Waals surface area (Å²) >= 11 is 3.48. The van der Waals surface area contributed by atoms with Crippen molar-refractivity contribution in [2.24, 2.45) is 0 Å². The molecule has 0 radical (unpaired) electrons. The first-order valence-corrected chi connectivity index (χ1v) is 4.64. The van der Waals surface area contributed by atoms with Gasteiger partial charge in [-0.3, -0.25) is 0 Å². The normalized spacial score (nSPS) is 10.8. The second kappa shape index (κ2) is 2.90. The molecule has 0 amide bonds. The van der Waals surface area contributed by atoms with E-state index in [1.807, 2.05) is 12.1 Å². The van der Waals surface area contributed by atoms with E-state index in [2.05, 4.69) is 27.8 Å². The number of rotatable bonds is 1. The van der Waals surface area contributed by atoms with Gasteiger partial charge >= 0.3 is 0 Å². The molecule has 3 heteroatoms. The maximum absolute atomic E-state index is 5.49. The summed E-state index contributed by atoms with van der Waals surface area (Å²) in [7, 11) is 0. The third-order valence-electron chi connectivity index (χ3n) is 1.79. The first-order valence-electron chi connectivity index (χ1n) is 3.85. The van der Waals surface area contributed by atoms with E-state index in [0.717, 1.165) is 22.0 Å². The Hall–Kier alpha value is -0.830. The fourth-order valence-electron chi connectivity index (χ4n) is 1.18. The predicted molar refractivity (Wildman–Crippen MR) is 51.1 cm³/mol. The third kappa shape index (κ3) is 1.05. The minimum Gasteiger partial charge on any atom is -0.442 e. The maximum atomic E-state index is 5.49. The molecule has 0 aliphatic rings. The molecule has 0 atom stereocenters. The van der Waals surface area contributed by atoms with Crippen LogP contribution in [0.25, 0.3) is 11.1 Å². The van der Waals surface area contributed by atoms with Crippen molar-refractivity contribution in [3.63, 3.8) is 0 Å². The van der Waals surface area contributed by atoms with Crippen molar-refractivity contribution in [2.75, 3.05) is 0 Å². The van der Waals surface area contributed by atoms with Crippen LogP contribution in [0.15, 0.2) is 27.2 Å². The minimum absolute atomic E-state index is 0.709. The Labute approximate surface area is 78.7 Å². The molecule has 12 heavy (non-hydrogen) atoms. The van der Waals surface area contributed by atoms with Crippen molar-refractivity contribution in [1.29, 1.82) is 0 Å². The maximum Gasteiger partial charge on any atom is 0.227 e. The molecule has 0 N–H and O–H groups in total. The van der Waals surface area contributed by atoms with Crippen LogP contribution in [0.1, 0.15) is 12.7 Å². The molecular formula is C9H8BrNO. The smallest absolute Gasteiger partial charge is 0.227 e. The first kappa shape index (κ1) is 7.80. The van der Waals surface area contributed by atoms with Crippen molar-refractivity contribution in [3.8, 4) is 0 Å². The van der Waals surface area contributed by atoms with Crippen LogP contribution >= 0.6 is 15.9 Å². The van der Waals surface area contributed by atoms with Crippen LogP contribution in [-0.2, 0) is 6.42 Å². The van der Waals surface area contributed by atoms with Gasteiger partial charge in [-0.2, -0.15) is 0 Å². The second-order valence-corrected chi connectivity index (χ2v) is 3.34. The molecule has 0 aliphatic carbocycles. The van der Waals surface area contributed by atoms with E-state index in [9.17, 15) is 0 Å². The van der Waals surface area contributed by atoms with Crippen molar-refractivity contribution in [2.45, 2.75) is 13.3 Å². The van der Waals surface area contributed by atoms with E-state index < -0.39 is 0 Å². The van der Waals surface area contributed by atoms with Crippen LogP contribution in [0, 0.1) is 0 Å². The number of aryl methyl sites for hydroxylation is 1. The van der Waals surface area contributed by atoms with Gasteiger partial charge in [0.25, 0.3) is 0 Å². The van der Waals surface area contributed by atoms with Crippen LogP contribution < -0.4 is 0 Å². The van der Waals surface area contributed by atoms with Gasteiger partial charge < -0.3 is 4.42 Å². The molecule has 0 bridgehead atoms. The molecule has 2 heterocycles. The van der Waals surface area contributed by atoms with E-state index in [0.29, 0.717) is 5.71 Å². The molecule has 2 aromatic heterocycles. The van der Waals surface area contributed by atoms with Gasteiger partial charge in [-0.05, 0) is 28.1 Å². The molecule has 0 saturated heterocycles. The molecule has 2 nitrogen and oxygen atoms in total. The van der Waals surface area contributed by atoms with E-state index in [-0.39, 0.29) is 0 Å². The van der Waals surface area contributed by atoms with E-state index >= 15 is 0 Å². The summed E-state index contributed by atoms with van der Waals surface area (Å²) in [5, 5.41) is 1.05. The lowest BCUT2D eigenvalue weighted by Crippen LogP contribution is -1.72. The Morgan fingerprint density at radius 3 is 3.08 bits per heavy atom. The fourth-order valence-corrected chi connectivity index (χ4v) is 1.84. The molecule has 0 aromatic carbocycles. The predicted octanol–water partition coefficient (Wildman–Crippen LogP) is 3.15. The van der Waals surface area contributed by atoms with Gasteiger partial charge in [0.05, 0.1) is 9.86 Å². The lowest BCUT2D eigenvalue weighted by Gasteiger charge is -1.86. The molecule has 0 saturated carbocycles. The number of furan rings is 1. The van der Waals surface area contributed by atoms with Crippen molar-refractivity contribution in [1.82, 2.24) is 4.98 Å². The number of hydrogen-bond acceptors (Lipinski definition) is 2. The van der Waals surface area contributed by atoms with Crippen molar-refractivity contribution < 1.29 is 4.42 Å². The minimum atomic E-state index is 0.709. The largest absolute Gasteiger partial charge is 0.442 e. The van der Waals surface area contributed by atoms with E-state index in [1.165, 1.54) is 0 Å². The number of halogens is 1. The molecule has 0 unspecified atom stereocenters. The summed E-state index contributed by atoms with van der Waals surface area (Å²) in [6.45, 7) is 2.06. The zero-order valence-corrected chi connectivity index (χ0v) is 8.26. The quantitative estimate of drug-likeness (QED) is 0.746. The molecule has 0 fully saturated rings. The van der Waals surface area contributed by atoms with E-state index in [1.54, 1.807) is 6.20 Å². The molecule has 62 valence electrons. The Kier molecular flexibility index (Phi) is 1.89. The summed E-state index contributed by atoms with van der Waals surface area (Å²) in [5.41, 5.74) is 0.709. The third-order valence-corrected chi connectivity index (χ3v) is 2.66. The summed E-state index contributed by atoms with van der Waals surface area (Å²) in [5.74, 6) is 0.962. The molecule has 2 rings (SSSR count). The topological polar surface area (TPSA) is 26.0 Å². The van der Waals surface area contributed by atoms with Crippen LogP contribution in [0.2, 0.25) is 0 Å². The number of hydrogen-bond donors (Lipinski definition) is 0. The van der Waals surface area contributed by atoms with Gasteiger partial charge in [0.15, 0.2) is 0 Å². The highest BCUT2D eigenvalue weighted by molar-refractivity contribution is 9.10. The number of nitrogens with zero attached hydrogens (tertiary/aromatic N) is 1. The number of fused-ring (bicyclic) bond motifs is 1. The summed E-state index contributed by atoms with van der Waals surface area (Å²) in [6.07, 6.45) is 2.62. The van der Waals surface area contributed by atoms with Crippen LogP contribution in [0.5, 0.6) is 0 Å². The Morgan fingerprint density at radius 1 is 1.58 bits per heavy atom. The first-order chi connectivity index (χ1) is 5.83. The van der Waals surface area contributed by atoms with Crippen LogP contribution in [0.4, 0.5) is 0 Å². The van der Waals surface area contributed by atoms with Gasteiger partial charge in [-0.1, -0.05) is 6.92 Å². The standard InChI is InChI=1S/C9H8BrNO/c1-2-7-8(10)6-4-3-5-11-9(6)12-7/h3-5H,2H2,1H3. The highest BCUT2D eigenvalue weighted by Gasteiger charge is 2.09. The van der Waals surface area contributed by atoms with Gasteiger partial charge in [0.1, 0.15) is 5.76 Å². The summed E-state index contributed by atoms with van der Waals surface area (Å²) in [4.78, 5) is 4.11. The Balaban J connectivity index is 2.78. The zero-order valence-electron chi connectivity index (χ0n) is 6.67.